The van der Waals surface area contributed by atoms with Gasteiger partial charge in [-0.05, 0) is 12.5 Å². The highest BCUT2D eigenvalue weighted by Crippen LogP contribution is 2.12. The molecule has 1 fully saturated rings. The van der Waals surface area contributed by atoms with Gasteiger partial charge in [-0.1, -0.05) is 30.3 Å². The Morgan fingerprint density at radius 2 is 2.14 bits per heavy atom. The van der Waals surface area contributed by atoms with Gasteiger partial charge in [0.2, 0.25) is 0 Å². The number of ether oxygens (including phenoxy) is 2. The van der Waals surface area contributed by atoms with Gasteiger partial charge in [-0.3, -0.25) is 9.59 Å². The van der Waals surface area contributed by atoms with Gasteiger partial charge < -0.3 is 19.5 Å². The Bertz CT molecular complexity index is 505. The molecule has 6 heteroatoms. The van der Waals surface area contributed by atoms with E-state index in [0.29, 0.717) is 26.3 Å². The van der Waals surface area contributed by atoms with Crippen LogP contribution in [-0.2, 0) is 25.7 Å². The maximum atomic E-state index is 12.3. The third-order valence-electron chi connectivity index (χ3n) is 3.54. The lowest BCUT2D eigenvalue weighted by Gasteiger charge is -2.33. The van der Waals surface area contributed by atoms with Crippen molar-refractivity contribution in [3.63, 3.8) is 0 Å². The Labute approximate surface area is 129 Å². The number of hydrogen-bond donors (Lipinski definition) is 1. The Kier molecular flexibility index (Phi) is 5.91. The third-order valence-corrected chi connectivity index (χ3v) is 3.54. The molecule has 120 valence electrons. The standard InChI is InChI=1S/C16H21NO5/c1-12(22-11-13-5-3-2-4-6-13)16(20)17-7-8-21-14(10-17)9-15(18)19/h2-6,12,14H,7-11H2,1H3,(H,18,19). The number of benzene rings is 1. The highest BCUT2D eigenvalue weighted by molar-refractivity contribution is 5.80. The second-order valence-electron chi connectivity index (χ2n) is 5.31. The van der Waals surface area contributed by atoms with Crippen LogP contribution in [0.2, 0.25) is 0 Å². The number of nitrogens with zero attached hydrogens (tertiary/aromatic N) is 1. The SMILES string of the molecule is CC(OCc1ccccc1)C(=O)N1CCOC(CC(=O)O)C1. The predicted molar refractivity (Wildman–Crippen MR) is 79.3 cm³/mol. The van der Waals surface area contributed by atoms with Gasteiger partial charge in [-0.15, -0.1) is 0 Å². The monoisotopic (exact) mass is 307 g/mol. The van der Waals surface area contributed by atoms with Crippen LogP contribution in [0.15, 0.2) is 30.3 Å². The molecule has 0 saturated carbocycles. The van der Waals surface area contributed by atoms with Crippen LogP contribution in [0, 0.1) is 0 Å². The molecule has 0 aliphatic carbocycles. The Hall–Kier alpha value is -1.92. The molecule has 0 spiro atoms. The number of hydrogen-bond acceptors (Lipinski definition) is 4. The minimum absolute atomic E-state index is 0.0942. The van der Waals surface area contributed by atoms with E-state index >= 15 is 0 Å². The van der Waals surface area contributed by atoms with E-state index in [-0.39, 0.29) is 12.3 Å². The average molecular weight is 307 g/mol. The first-order valence-corrected chi connectivity index (χ1v) is 7.34. The van der Waals surface area contributed by atoms with Crippen LogP contribution in [0.1, 0.15) is 18.9 Å². The van der Waals surface area contributed by atoms with Gasteiger partial charge in [0, 0.05) is 13.1 Å². The number of rotatable bonds is 6. The quantitative estimate of drug-likeness (QED) is 0.857. The summed E-state index contributed by atoms with van der Waals surface area (Å²) in [5.41, 5.74) is 1.01. The van der Waals surface area contributed by atoms with Crippen molar-refractivity contribution >= 4 is 11.9 Å². The normalized spacial score (nSPS) is 19.7. The highest BCUT2D eigenvalue weighted by atomic mass is 16.5. The zero-order chi connectivity index (χ0) is 15.9. The number of carbonyl (C=O) groups excluding carboxylic acids is 1. The minimum atomic E-state index is -0.923. The van der Waals surface area contributed by atoms with Gasteiger partial charge in [-0.2, -0.15) is 0 Å². The molecule has 1 aliphatic heterocycles. The number of carboxylic acid groups (broad SMARTS) is 1. The summed E-state index contributed by atoms with van der Waals surface area (Å²) < 4.78 is 11.0. The molecule has 1 N–H and O–H groups in total. The fourth-order valence-corrected chi connectivity index (χ4v) is 2.36. The first kappa shape index (κ1) is 16.5. The van der Waals surface area contributed by atoms with Crippen LogP contribution >= 0.6 is 0 Å². The van der Waals surface area contributed by atoms with Crippen LogP contribution in [0.3, 0.4) is 0 Å². The smallest absolute Gasteiger partial charge is 0.306 e. The first-order valence-electron chi connectivity index (χ1n) is 7.34. The molecule has 0 aromatic heterocycles. The fraction of sp³-hybridized carbons (Fsp3) is 0.500. The maximum Gasteiger partial charge on any atom is 0.306 e. The molecule has 1 aromatic rings. The molecule has 1 heterocycles. The van der Waals surface area contributed by atoms with Crippen LogP contribution < -0.4 is 0 Å². The number of aliphatic carboxylic acids is 1. The van der Waals surface area contributed by atoms with E-state index < -0.39 is 18.2 Å². The molecule has 2 atom stereocenters. The van der Waals surface area contributed by atoms with Crippen molar-refractivity contribution in [1.82, 2.24) is 4.90 Å². The number of carbonyl (C=O) groups is 2. The molecular formula is C16H21NO5. The van der Waals surface area contributed by atoms with Gasteiger partial charge in [-0.25, -0.2) is 0 Å². The Morgan fingerprint density at radius 1 is 1.41 bits per heavy atom. The van der Waals surface area contributed by atoms with Crippen LogP contribution in [-0.4, -0.2) is 53.8 Å². The van der Waals surface area contributed by atoms with Crippen molar-refractivity contribution in [1.29, 1.82) is 0 Å². The largest absolute Gasteiger partial charge is 0.481 e. The van der Waals surface area contributed by atoms with Gasteiger partial charge in [0.25, 0.3) is 5.91 Å². The van der Waals surface area contributed by atoms with E-state index in [1.54, 1.807) is 11.8 Å². The fourth-order valence-electron chi connectivity index (χ4n) is 2.36. The number of carboxylic acids is 1. The van der Waals surface area contributed by atoms with E-state index in [1.807, 2.05) is 30.3 Å². The van der Waals surface area contributed by atoms with Gasteiger partial charge in [0.05, 0.1) is 25.7 Å². The molecule has 2 unspecified atom stereocenters. The van der Waals surface area contributed by atoms with Crippen molar-refractivity contribution in [2.75, 3.05) is 19.7 Å². The van der Waals surface area contributed by atoms with Crippen molar-refractivity contribution in [3.05, 3.63) is 35.9 Å². The second kappa shape index (κ2) is 7.91. The molecule has 1 aromatic carbocycles. The molecule has 6 nitrogen and oxygen atoms in total. The van der Waals surface area contributed by atoms with Gasteiger partial charge in [0.1, 0.15) is 6.10 Å². The van der Waals surface area contributed by atoms with Crippen molar-refractivity contribution in [2.24, 2.45) is 0 Å². The van der Waals surface area contributed by atoms with Gasteiger partial charge >= 0.3 is 5.97 Å². The third kappa shape index (κ3) is 4.82. The second-order valence-corrected chi connectivity index (χ2v) is 5.31. The lowest BCUT2D eigenvalue weighted by atomic mass is 10.2. The summed E-state index contributed by atoms with van der Waals surface area (Å²) in [7, 11) is 0. The molecular weight excluding hydrogens is 286 g/mol. The molecule has 2 rings (SSSR count). The molecule has 1 aliphatic rings. The minimum Gasteiger partial charge on any atom is -0.481 e. The lowest BCUT2D eigenvalue weighted by molar-refractivity contribution is -0.154. The molecule has 0 bridgehead atoms. The summed E-state index contributed by atoms with van der Waals surface area (Å²) in [6, 6.07) is 9.64. The summed E-state index contributed by atoms with van der Waals surface area (Å²) in [6.07, 6.45) is -1.11. The summed E-state index contributed by atoms with van der Waals surface area (Å²) in [6.45, 7) is 3.21. The molecule has 0 radical (unpaired) electrons. The first-order chi connectivity index (χ1) is 10.6. The summed E-state index contributed by atoms with van der Waals surface area (Å²) in [5.74, 6) is -1.05. The van der Waals surface area contributed by atoms with E-state index in [9.17, 15) is 9.59 Å². The Morgan fingerprint density at radius 3 is 2.82 bits per heavy atom. The topological polar surface area (TPSA) is 76.1 Å². The molecule has 22 heavy (non-hydrogen) atoms. The summed E-state index contributed by atoms with van der Waals surface area (Å²) >= 11 is 0. The van der Waals surface area contributed by atoms with Crippen LogP contribution in [0.25, 0.3) is 0 Å². The molecule has 1 amide bonds. The van der Waals surface area contributed by atoms with Gasteiger partial charge in [0.15, 0.2) is 0 Å². The van der Waals surface area contributed by atoms with E-state index in [1.165, 1.54) is 0 Å². The van der Waals surface area contributed by atoms with Crippen molar-refractivity contribution < 1.29 is 24.2 Å². The Balaban J connectivity index is 1.83. The lowest BCUT2D eigenvalue weighted by Crippen LogP contribution is -2.49. The summed E-state index contributed by atoms with van der Waals surface area (Å²) in [4.78, 5) is 24.7. The van der Waals surface area contributed by atoms with E-state index in [0.717, 1.165) is 5.56 Å². The number of amides is 1. The highest BCUT2D eigenvalue weighted by Gasteiger charge is 2.28. The van der Waals surface area contributed by atoms with Crippen LogP contribution in [0.5, 0.6) is 0 Å². The predicted octanol–water partition coefficient (Wildman–Crippen LogP) is 1.29. The average Bonchev–Trinajstić information content (AvgIpc) is 2.52. The number of morpholine rings is 1. The van der Waals surface area contributed by atoms with Crippen molar-refractivity contribution in [2.45, 2.75) is 32.2 Å². The van der Waals surface area contributed by atoms with E-state index in [2.05, 4.69) is 0 Å². The van der Waals surface area contributed by atoms with Crippen LogP contribution in [0.4, 0.5) is 0 Å². The zero-order valence-electron chi connectivity index (χ0n) is 12.6. The van der Waals surface area contributed by atoms with E-state index in [4.69, 9.17) is 14.6 Å². The maximum absolute atomic E-state index is 12.3. The summed E-state index contributed by atoms with van der Waals surface area (Å²) in [5, 5.41) is 8.80. The van der Waals surface area contributed by atoms with Crippen molar-refractivity contribution in [3.8, 4) is 0 Å². The molecule has 1 saturated heterocycles. The zero-order valence-corrected chi connectivity index (χ0v) is 12.6.